The number of hydrogen-bond donors (Lipinski definition) is 3. The number of carboxylic acid groups (broad SMARTS) is 1. The first-order chi connectivity index (χ1) is 16.2. The average Bonchev–Trinajstić information content (AvgIpc) is 3.06. The maximum atomic E-state index is 11.2. The third-order valence-electron chi connectivity index (χ3n) is 5.26. The molecule has 0 aromatic heterocycles. The monoisotopic (exact) mass is 468 g/mol. The minimum Gasteiger partial charge on any atom is -0.485 e. The lowest BCUT2D eigenvalue weighted by Gasteiger charge is -2.37. The average molecular weight is 469 g/mol. The number of carbonyl (C=O) groups is 1. The van der Waals surface area contributed by atoms with Crippen LogP contribution in [0.4, 0.5) is 5.69 Å². The van der Waals surface area contributed by atoms with Crippen molar-refractivity contribution in [2.75, 3.05) is 6.54 Å². The molecule has 2 aliphatic rings. The number of aliphatic carboxylic acids is 1. The largest absolute Gasteiger partial charge is 0.485 e. The Hall–Kier alpha value is -2.96. The Morgan fingerprint density at radius 3 is 2.62 bits per heavy atom. The normalized spacial score (nSPS) is 18.4. The van der Waals surface area contributed by atoms with Crippen molar-refractivity contribution in [2.24, 2.45) is 10.7 Å². The van der Waals surface area contributed by atoms with Gasteiger partial charge < -0.3 is 20.7 Å². The summed E-state index contributed by atoms with van der Waals surface area (Å²) in [7, 11) is 0. The fourth-order valence-corrected chi connectivity index (χ4v) is 3.31. The number of nitrogens with zero attached hydrogens (tertiary/aromatic N) is 1. The predicted molar refractivity (Wildman–Crippen MR) is 141 cm³/mol. The van der Waals surface area contributed by atoms with E-state index in [2.05, 4.69) is 35.4 Å². The van der Waals surface area contributed by atoms with Crippen LogP contribution in [0.15, 0.2) is 65.2 Å². The molecule has 0 fully saturated rings. The van der Waals surface area contributed by atoms with Gasteiger partial charge in [-0.2, -0.15) is 0 Å². The van der Waals surface area contributed by atoms with Gasteiger partial charge in [-0.25, -0.2) is 9.79 Å². The number of nitrogens with two attached hydrogens (primary N) is 1. The summed E-state index contributed by atoms with van der Waals surface area (Å²) in [4.78, 5) is 15.4. The number of allylic oxidation sites excluding steroid dienone is 6. The highest BCUT2D eigenvalue weighted by molar-refractivity contribution is 6.40. The Labute approximate surface area is 204 Å². The van der Waals surface area contributed by atoms with Crippen LogP contribution in [-0.2, 0) is 11.2 Å². The van der Waals surface area contributed by atoms with Gasteiger partial charge in [-0.1, -0.05) is 55.9 Å². The molecule has 3 rings (SSSR count). The van der Waals surface area contributed by atoms with Gasteiger partial charge in [0.1, 0.15) is 17.1 Å². The zero-order valence-corrected chi connectivity index (χ0v) is 21.3. The molecule has 1 atom stereocenters. The smallest absolute Gasteiger partial charge is 0.354 e. The van der Waals surface area contributed by atoms with Gasteiger partial charge in [-0.15, -0.1) is 0 Å². The number of aliphatic hydroxyl groups excluding tert-OH is 1. The first kappa shape index (κ1) is 29.1. The van der Waals surface area contributed by atoms with Crippen molar-refractivity contribution < 1.29 is 19.7 Å². The highest BCUT2D eigenvalue weighted by atomic mass is 16.5. The minimum atomic E-state index is -1.08. The van der Waals surface area contributed by atoms with E-state index in [9.17, 15) is 9.90 Å². The van der Waals surface area contributed by atoms with Crippen LogP contribution in [0.3, 0.4) is 0 Å². The van der Waals surface area contributed by atoms with E-state index in [1.807, 2.05) is 40.7 Å². The molecule has 1 aromatic carbocycles. The van der Waals surface area contributed by atoms with Crippen LogP contribution in [0.1, 0.15) is 58.6 Å². The summed E-state index contributed by atoms with van der Waals surface area (Å²) in [6.45, 7) is 12.0. The number of aliphatic hydroxyl groups is 1. The molecule has 1 unspecified atom stereocenters. The van der Waals surface area contributed by atoms with Crippen LogP contribution in [-0.4, -0.2) is 40.1 Å². The molecule has 1 heterocycles. The third kappa shape index (κ3) is 8.76. The fourth-order valence-electron chi connectivity index (χ4n) is 3.31. The number of fused-ring (bicyclic) bond motifs is 1. The predicted octanol–water partition coefficient (Wildman–Crippen LogP) is 5.61. The summed E-state index contributed by atoms with van der Waals surface area (Å²) in [5.41, 5.74) is 8.34. The zero-order chi connectivity index (χ0) is 25.7. The molecule has 186 valence electrons. The standard InChI is InChI=1S/C17H21NO4.C9H13N.C2H6/c1-5-6-12(16(20)21)18-13-8-11-9-15(19)17(3,4)22-14(11)7-10(13)2;10-8-7-9-5-3-1-2-4-6-9;1-2/h5-8,15,19H,9H2,1-4H3,(H,20,21);1-3,5-6H,4,7-8,10H2;1-2H3/b6-5+,18-12?;;. The molecule has 34 heavy (non-hydrogen) atoms. The molecule has 1 aliphatic heterocycles. The van der Waals surface area contributed by atoms with Gasteiger partial charge in [0, 0.05) is 6.42 Å². The summed E-state index contributed by atoms with van der Waals surface area (Å²) in [6, 6.07) is 3.63. The van der Waals surface area contributed by atoms with Crippen LogP contribution in [0.2, 0.25) is 0 Å². The van der Waals surface area contributed by atoms with Crippen molar-refractivity contribution in [3.63, 3.8) is 0 Å². The maximum Gasteiger partial charge on any atom is 0.354 e. The number of aliphatic imine (C=N–C) groups is 1. The Morgan fingerprint density at radius 1 is 1.29 bits per heavy atom. The van der Waals surface area contributed by atoms with E-state index >= 15 is 0 Å². The summed E-state index contributed by atoms with van der Waals surface area (Å²) < 4.78 is 5.84. The molecule has 6 heteroatoms. The van der Waals surface area contributed by atoms with E-state index in [0.717, 1.165) is 36.3 Å². The van der Waals surface area contributed by atoms with Gasteiger partial charge in [-0.05, 0) is 76.4 Å². The van der Waals surface area contributed by atoms with Crippen molar-refractivity contribution >= 4 is 17.4 Å². The quantitative estimate of drug-likeness (QED) is 0.487. The number of benzene rings is 1. The van der Waals surface area contributed by atoms with Gasteiger partial charge in [0.2, 0.25) is 0 Å². The molecule has 6 nitrogen and oxygen atoms in total. The first-order valence-electron chi connectivity index (χ1n) is 11.9. The number of carboxylic acids is 1. The molecule has 1 aromatic rings. The van der Waals surface area contributed by atoms with Crippen LogP contribution >= 0.6 is 0 Å². The van der Waals surface area contributed by atoms with Crippen molar-refractivity contribution in [3.05, 3.63) is 71.4 Å². The second-order valence-corrected chi connectivity index (χ2v) is 8.31. The summed E-state index contributed by atoms with van der Waals surface area (Å²) >= 11 is 0. The molecule has 0 saturated carbocycles. The molecule has 0 saturated heterocycles. The molecule has 0 spiro atoms. The molecule has 4 N–H and O–H groups in total. The van der Waals surface area contributed by atoms with Gasteiger partial charge in [0.25, 0.3) is 0 Å². The van der Waals surface area contributed by atoms with Gasteiger partial charge in [0.15, 0.2) is 0 Å². The Bertz CT molecular complexity index is 969. The van der Waals surface area contributed by atoms with Crippen LogP contribution in [0.5, 0.6) is 5.75 Å². The Balaban J connectivity index is 0.000000402. The number of rotatable bonds is 5. The topological polar surface area (TPSA) is 105 Å². The van der Waals surface area contributed by atoms with E-state index in [1.165, 1.54) is 11.6 Å². The third-order valence-corrected chi connectivity index (χ3v) is 5.26. The number of ether oxygens (including phenoxy) is 1. The van der Waals surface area contributed by atoms with E-state index < -0.39 is 17.7 Å². The van der Waals surface area contributed by atoms with Crippen molar-refractivity contribution in [1.82, 2.24) is 0 Å². The van der Waals surface area contributed by atoms with E-state index in [4.69, 9.17) is 15.6 Å². The molecule has 0 amide bonds. The Kier molecular flexibility index (Phi) is 12.3. The highest BCUT2D eigenvalue weighted by Gasteiger charge is 2.35. The fraction of sp³-hybridized carbons (Fsp3) is 0.429. The lowest BCUT2D eigenvalue weighted by atomic mass is 9.90. The van der Waals surface area contributed by atoms with Crippen LogP contribution in [0.25, 0.3) is 0 Å². The number of hydrogen-bond acceptors (Lipinski definition) is 5. The molecule has 0 radical (unpaired) electrons. The second kappa shape index (κ2) is 14.3. The summed E-state index contributed by atoms with van der Waals surface area (Å²) in [5, 5.41) is 19.3. The molecule has 0 bridgehead atoms. The SMILES string of the molecule is C/C=C/C(=Nc1cc2c(cc1C)OC(C)(C)C(O)C2)C(=O)O.CC.NCCC1=CCC=CC=C1. The summed E-state index contributed by atoms with van der Waals surface area (Å²) in [5.74, 6) is -0.359. The van der Waals surface area contributed by atoms with Crippen LogP contribution in [0, 0.1) is 6.92 Å². The van der Waals surface area contributed by atoms with Gasteiger partial charge in [0.05, 0.1) is 11.8 Å². The van der Waals surface area contributed by atoms with E-state index in [0.29, 0.717) is 12.1 Å². The lowest BCUT2D eigenvalue weighted by molar-refractivity contribution is -0.129. The second-order valence-electron chi connectivity index (χ2n) is 8.31. The van der Waals surface area contributed by atoms with Crippen molar-refractivity contribution in [1.29, 1.82) is 0 Å². The molecular weight excluding hydrogens is 428 g/mol. The maximum absolute atomic E-state index is 11.2. The zero-order valence-electron chi connectivity index (χ0n) is 21.3. The highest BCUT2D eigenvalue weighted by Crippen LogP contribution is 2.37. The molecular formula is C28H40N2O4. The lowest BCUT2D eigenvalue weighted by Crippen LogP contribution is -2.46. The van der Waals surface area contributed by atoms with E-state index in [1.54, 1.807) is 19.1 Å². The number of aryl methyl sites for hydroxylation is 1. The molecule has 1 aliphatic carbocycles. The van der Waals surface area contributed by atoms with Gasteiger partial charge >= 0.3 is 5.97 Å². The van der Waals surface area contributed by atoms with Gasteiger partial charge in [-0.3, -0.25) is 0 Å². The Morgan fingerprint density at radius 2 is 2.00 bits per heavy atom. The van der Waals surface area contributed by atoms with Crippen molar-refractivity contribution in [2.45, 2.75) is 72.5 Å². The van der Waals surface area contributed by atoms with Crippen molar-refractivity contribution in [3.8, 4) is 5.75 Å². The first-order valence-corrected chi connectivity index (χ1v) is 11.9. The van der Waals surface area contributed by atoms with Crippen LogP contribution < -0.4 is 10.5 Å². The summed E-state index contributed by atoms with van der Waals surface area (Å²) in [6.07, 6.45) is 15.6. The van der Waals surface area contributed by atoms with E-state index in [-0.39, 0.29) is 5.71 Å². The minimum absolute atomic E-state index is 0.0249.